The number of hydrogen-bond donors (Lipinski definition) is 1. The van der Waals surface area contributed by atoms with Crippen LogP contribution in [0.5, 0.6) is 0 Å². The van der Waals surface area contributed by atoms with Gasteiger partial charge in [0.1, 0.15) is 0 Å². The molecule has 0 saturated carbocycles. The minimum Gasteiger partial charge on any atom is -0.352 e. The number of carbonyl (C=O) groups excluding carboxylic acids is 1. The SMILES string of the molecule is CCCCCC=CC=CC(=O)NC[C@@H](C)CC. The molecule has 2 nitrogen and oxygen atoms in total. The molecule has 98 valence electrons. The van der Waals surface area contributed by atoms with Crippen molar-refractivity contribution in [3.8, 4) is 0 Å². The Kier molecular flexibility index (Phi) is 10.7. The molecule has 0 aliphatic heterocycles. The average molecular weight is 237 g/mol. The first kappa shape index (κ1) is 16.0. The van der Waals surface area contributed by atoms with E-state index >= 15 is 0 Å². The Morgan fingerprint density at radius 1 is 1.24 bits per heavy atom. The van der Waals surface area contributed by atoms with E-state index in [1.165, 1.54) is 19.3 Å². The number of amides is 1. The van der Waals surface area contributed by atoms with Gasteiger partial charge in [-0.2, -0.15) is 0 Å². The number of rotatable bonds is 9. The third-order valence-electron chi connectivity index (χ3n) is 2.79. The molecule has 0 spiro atoms. The molecule has 0 unspecified atom stereocenters. The molecule has 17 heavy (non-hydrogen) atoms. The zero-order valence-corrected chi connectivity index (χ0v) is 11.5. The summed E-state index contributed by atoms with van der Waals surface area (Å²) in [7, 11) is 0. The van der Waals surface area contributed by atoms with E-state index in [1.54, 1.807) is 6.08 Å². The van der Waals surface area contributed by atoms with Crippen molar-refractivity contribution < 1.29 is 4.79 Å². The van der Waals surface area contributed by atoms with Crippen LogP contribution in [0.25, 0.3) is 0 Å². The van der Waals surface area contributed by atoms with Crippen molar-refractivity contribution in [2.75, 3.05) is 6.54 Å². The fourth-order valence-electron chi connectivity index (χ4n) is 1.31. The lowest BCUT2D eigenvalue weighted by Gasteiger charge is -2.07. The van der Waals surface area contributed by atoms with E-state index in [1.807, 2.05) is 12.2 Å². The Morgan fingerprint density at radius 2 is 2.00 bits per heavy atom. The Bertz CT molecular complexity index is 243. The Morgan fingerprint density at radius 3 is 2.65 bits per heavy atom. The molecular weight excluding hydrogens is 210 g/mol. The molecule has 2 heteroatoms. The third-order valence-corrected chi connectivity index (χ3v) is 2.79. The highest BCUT2D eigenvalue weighted by Gasteiger charge is 1.99. The topological polar surface area (TPSA) is 29.1 Å². The molecule has 0 bridgehead atoms. The second-order valence-corrected chi connectivity index (χ2v) is 4.54. The van der Waals surface area contributed by atoms with Crippen LogP contribution in [0.1, 0.15) is 52.9 Å². The van der Waals surface area contributed by atoms with Gasteiger partial charge in [-0.3, -0.25) is 4.79 Å². The largest absolute Gasteiger partial charge is 0.352 e. The van der Waals surface area contributed by atoms with Gasteiger partial charge in [0.2, 0.25) is 5.91 Å². The first-order chi connectivity index (χ1) is 8.20. The van der Waals surface area contributed by atoms with Crippen LogP contribution in [0, 0.1) is 5.92 Å². The lowest BCUT2D eigenvalue weighted by molar-refractivity contribution is -0.116. The van der Waals surface area contributed by atoms with Crippen molar-refractivity contribution in [2.24, 2.45) is 5.92 Å². The van der Waals surface area contributed by atoms with Gasteiger partial charge in [0.05, 0.1) is 0 Å². The normalized spacial score (nSPS) is 13.4. The summed E-state index contributed by atoms with van der Waals surface area (Å²) in [5, 5.41) is 2.88. The van der Waals surface area contributed by atoms with Crippen LogP contribution in [0.4, 0.5) is 0 Å². The molecule has 0 rings (SSSR count). The number of carbonyl (C=O) groups is 1. The van der Waals surface area contributed by atoms with Crippen LogP contribution in [0.15, 0.2) is 24.3 Å². The van der Waals surface area contributed by atoms with Crippen LogP contribution >= 0.6 is 0 Å². The smallest absolute Gasteiger partial charge is 0.243 e. The van der Waals surface area contributed by atoms with E-state index in [0.717, 1.165) is 19.4 Å². The van der Waals surface area contributed by atoms with Crippen LogP contribution in [0.2, 0.25) is 0 Å². The molecule has 0 aromatic carbocycles. The maximum absolute atomic E-state index is 11.4. The zero-order chi connectivity index (χ0) is 12.9. The van der Waals surface area contributed by atoms with Crippen LogP contribution in [0.3, 0.4) is 0 Å². The van der Waals surface area contributed by atoms with E-state index < -0.39 is 0 Å². The van der Waals surface area contributed by atoms with Gasteiger partial charge < -0.3 is 5.32 Å². The highest BCUT2D eigenvalue weighted by molar-refractivity contribution is 5.87. The van der Waals surface area contributed by atoms with Crippen molar-refractivity contribution in [2.45, 2.75) is 52.9 Å². The van der Waals surface area contributed by atoms with E-state index in [-0.39, 0.29) is 5.91 Å². The Hall–Kier alpha value is -1.05. The lowest BCUT2D eigenvalue weighted by atomic mass is 10.1. The lowest BCUT2D eigenvalue weighted by Crippen LogP contribution is -2.26. The summed E-state index contributed by atoms with van der Waals surface area (Å²) in [4.78, 5) is 11.4. The predicted octanol–water partition coefficient (Wildman–Crippen LogP) is 3.84. The summed E-state index contributed by atoms with van der Waals surface area (Å²) in [5.41, 5.74) is 0. The molecule has 0 radical (unpaired) electrons. The van der Waals surface area contributed by atoms with Crippen molar-refractivity contribution in [3.05, 3.63) is 24.3 Å². The molecule has 0 heterocycles. The molecule has 0 saturated heterocycles. The summed E-state index contributed by atoms with van der Waals surface area (Å²) >= 11 is 0. The fourth-order valence-corrected chi connectivity index (χ4v) is 1.31. The monoisotopic (exact) mass is 237 g/mol. The van der Waals surface area contributed by atoms with E-state index in [2.05, 4.69) is 32.2 Å². The van der Waals surface area contributed by atoms with Gasteiger partial charge in [-0.15, -0.1) is 0 Å². The standard InChI is InChI=1S/C15H27NO/c1-4-6-7-8-9-10-11-12-15(17)16-13-14(3)5-2/h9-12,14H,4-8,13H2,1-3H3,(H,16,17)/t14-/m0/s1. The summed E-state index contributed by atoms with van der Waals surface area (Å²) in [6, 6.07) is 0. The minimum atomic E-state index is 0.00325. The van der Waals surface area contributed by atoms with Crippen molar-refractivity contribution in [3.63, 3.8) is 0 Å². The molecular formula is C15H27NO. The van der Waals surface area contributed by atoms with Gasteiger partial charge in [0.25, 0.3) is 0 Å². The van der Waals surface area contributed by atoms with Gasteiger partial charge in [-0.05, 0) is 18.8 Å². The first-order valence-electron chi connectivity index (χ1n) is 6.81. The second kappa shape index (κ2) is 11.4. The van der Waals surface area contributed by atoms with Crippen molar-refractivity contribution in [1.29, 1.82) is 0 Å². The number of nitrogens with one attached hydrogen (secondary N) is 1. The Balaban J connectivity index is 3.59. The molecule has 0 aromatic rings. The van der Waals surface area contributed by atoms with Gasteiger partial charge >= 0.3 is 0 Å². The molecule has 0 aliphatic rings. The minimum absolute atomic E-state index is 0.00325. The molecule has 1 N–H and O–H groups in total. The Labute approximate surface area is 106 Å². The van der Waals surface area contributed by atoms with E-state index in [0.29, 0.717) is 5.92 Å². The fraction of sp³-hybridized carbons (Fsp3) is 0.667. The summed E-state index contributed by atoms with van der Waals surface area (Å²) in [5.74, 6) is 0.556. The van der Waals surface area contributed by atoms with E-state index in [4.69, 9.17) is 0 Å². The first-order valence-corrected chi connectivity index (χ1v) is 6.81. The van der Waals surface area contributed by atoms with Crippen LogP contribution < -0.4 is 5.32 Å². The van der Waals surface area contributed by atoms with Gasteiger partial charge in [0.15, 0.2) is 0 Å². The molecule has 0 aliphatic carbocycles. The second-order valence-electron chi connectivity index (χ2n) is 4.54. The summed E-state index contributed by atoms with van der Waals surface area (Å²) < 4.78 is 0. The molecule has 0 fully saturated rings. The maximum atomic E-state index is 11.4. The average Bonchev–Trinajstić information content (AvgIpc) is 2.34. The maximum Gasteiger partial charge on any atom is 0.243 e. The summed E-state index contributed by atoms with van der Waals surface area (Å²) in [6.07, 6.45) is 13.5. The number of hydrogen-bond acceptors (Lipinski definition) is 1. The number of unbranched alkanes of at least 4 members (excludes halogenated alkanes) is 3. The van der Waals surface area contributed by atoms with Gasteiger partial charge in [-0.1, -0.05) is 58.3 Å². The van der Waals surface area contributed by atoms with E-state index in [9.17, 15) is 4.79 Å². The predicted molar refractivity (Wildman–Crippen MR) is 74.9 cm³/mol. The van der Waals surface area contributed by atoms with Gasteiger partial charge in [0, 0.05) is 12.6 Å². The molecule has 0 aromatic heterocycles. The van der Waals surface area contributed by atoms with Gasteiger partial charge in [-0.25, -0.2) is 0 Å². The summed E-state index contributed by atoms with van der Waals surface area (Å²) in [6.45, 7) is 7.23. The third kappa shape index (κ3) is 11.2. The zero-order valence-electron chi connectivity index (χ0n) is 11.5. The van der Waals surface area contributed by atoms with Crippen LogP contribution in [-0.4, -0.2) is 12.5 Å². The molecule has 1 atom stereocenters. The molecule has 1 amide bonds. The van der Waals surface area contributed by atoms with Crippen molar-refractivity contribution in [1.82, 2.24) is 5.32 Å². The van der Waals surface area contributed by atoms with Crippen molar-refractivity contribution >= 4 is 5.91 Å². The quantitative estimate of drug-likeness (QED) is 0.368. The highest BCUT2D eigenvalue weighted by atomic mass is 16.1. The number of allylic oxidation sites excluding steroid dienone is 3. The van der Waals surface area contributed by atoms with Crippen LogP contribution in [-0.2, 0) is 4.79 Å². The highest BCUT2D eigenvalue weighted by Crippen LogP contribution is 1.99.